The van der Waals surface area contributed by atoms with Crippen LogP contribution >= 0.6 is 0 Å². The normalized spacial score (nSPS) is 26.4. The molecule has 3 rings (SSSR count). The van der Waals surface area contributed by atoms with Crippen molar-refractivity contribution < 1.29 is 0 Å². The lowest BCUT2D eigenvalue weighted by Crippen LogP contribution is -2.32. The molecule has 2 atom stereocenters. The molecule has 1 saturated carbocycles. The highest BCUT2D eigenvalue weighted by Crippen LogP contribution is 2.41. The number of imidazole rings is 1. The average Bonchev–Trinajstić information content (AvgIpc) is 2.86. The number of nitrogens with zero attached hydrogens (tertiary/aromatic N) is 2. The molecule has 0 amide bonds. The summed E-state index contributed by atoms with van der Waals surface area (Å²) in [6, 6.07) is 0.686. The number of hydrogen-bond donors (Lipinski definition) is 1. The second-order valence-electron chi connectivity index (χ2n) is 7.57. The van der Waals surface area contributed by atoms with E-state index < -0.39 is 0 Å². The molecule has 2 heterocycles. The highest BCUT2D eigenvalue weighted by molar-refractivity contribution is 5.23. The van der Waals surface area contributed by atoms with Crippen LogP contribution in [0.4, 0.5) is 0 Å². The van der Waals surface area contributed by atoms with Gasteiger partial charge in [0.15, 0.2) is 0 Å². The second kappa shape index (κ2) is 6.12. The first-order chi connectivity index (χ1) is 10.1. The Balaban J connectivity index is 2.04. The van der Waals surface area contributed by atoms with E-state index in [1.54, 1.807) is 0 Å². The van der Waals surface area contributed by atoms with E-state index in [9.17, 15) is 0 Å². The van der Waals surface area contributed by atoms with Gasteiger partial charge in [-0.3, -0.25) is 0 Å². The van der Waals surface area contributed by atoms with Crippen LogP contribution in [0.2, 0.25) is 0 Å². The molecule has 0 spiro atoms. The van der Waals surface area contributed by atoms with Gasteiger partial charge in [0, 0.05) is 37.2 Å². The first-order valence-corrected chi connectivity index (χ1v) is 8.90. The Labute approximate surface area is 129 Å². The Morgan fingerprint density at radius 3 is 2.62 bits per heavy atom. The lowest BCUT2D eigenvalue weighted by Gasteiger charge is -2.38. The maximum atomic E-state index is 5.02. The van der Waals surface area contributed by atoms with Gasteiger partial charge < -0.3 is 9.88 Å². The van der Waals surface area contributed by atoms with Crippen LogP contribution in [0.1, 0.15) is 82.6 Å². The van der Waals surface area contributed by atoms with Gasteiger partial charge in [0.1, 0.15) is 5.82 Å². The molecule has 1 aliphatic heterocycles. The van der Waals surface area contributed by atoms with E-state index in [0.29, 0.717) is 12.0 Å². The third kappa shape index (κ3) is 2.77. The Kier molecular flexibility index (Phi) is 4.39. The van der Waals surface area contributed by atoms with Gasteiger partial charge in [-0.2, -0.15) is 0 Å². The van der Waals surface area contributed by atoms with Crippen LogP contribution < -0.4 is 5.32 Å². The minimum Gasteiger partial charge on any atom is -0.328 e. The summed E-state index contributed by atoms with van der Waals surface area (Å²) < 4.78 is 2.69. The number of nitrogens with one attached hydrogen (secondary N) is 1. The van der Waals surface area contributed by atoms with E-state index >= 15 is 0 Å². The SMILES string of the molecule is CC(C)c1nc2c(n1C1CCCCC1C(C)C)CCNC2. The highest BCUT2D eigenvalue weighted by atomic mass is 15.2. The molecule has 0 bridgehead atoms. The largest absolute Gasteiger partial charge is 0.328 e. The summed E-state index contributed by atoms with van der Waals surface area (Å²) in [4.78, 5) is 5.02. The molecule has 0 aromatic carbocycles. The number of rotatable bonds is 3. The van der Waals surface area contributed by atoms with Gasteiger partial charge in [-0.1, -0.05) is 40.5 Å². The zero-order valence-corrected chi connectivity index (χ0v) is 14.2. The van der Waals surface area contributed by atoms with E-state index in [1.165, 1.54) is 42.9 Å². The van der Waals surface area contributed by atoms with Gasteiger partial charge in [-0.05, 0) is 24.7 Å². The summed E-state index contributed by atoms with van der Waals surface area (Å²) in [7, 11) is 0. The maximum absolute atomic E-state index is 5.02. The molecule has 21 heavy (non-hydrogen) atoms. The fraction of sp³-hybridized carbons (Fsp3) is 0.833. The van der Waals surface area contributed by atoms with Crippen LogP contribution in [0, 0.1) is 11.8 Å². The van der Waals surface area contributed by atoms with Crippen molar-refractivity contribution in [3.63, 3.8) is 0 Å². The average molecular weight is 289 g/mol. The molecule has 0 saturated heterocycles. The Hall–Kier alpha value is -0.830. The molecule has 1 N–H and O–H groups in total. The fourth-order valence-corrected chi connectivity index (χ4v) is 4.37. The molecule has 3 nitrogen and oxygen atoms in total. The quantitative estimate of drug-likeness (QED) is 0.910. The molecular formula is C18H31N3. The van der Waals surface area contributed by atoms with E-state index in [0.717, 1.165) is 31.3 Å². The lowest BCUT2D eigenvalue weighted by molar-refractivity contribution is 0.177. The van der Waals surface area contributed by atoms with Crippen molar-refractivity contribution in [3.05, 3.63) is 17.2 Å². The third-order valence-corrected chi connectivity index (χ3v) is 5.44. The fourth-order valence-electron chi connectivity index (χ4n) is 4.37. The van der Waals surface area contributed by atoms with Crippen molar-refractivity contribution in [2.75, 3.05) is 6.54 Å². The van der Waals surface area contributed by atoms with Crippen molar-refractivity contribution in [2.24, 2.45) is 11.8 Å². The smallest absolute Gasteiger partial charge is 0.112 e. The summed E-state index contributed by atoms with van der Waals surface area (Å²) in [5.41, 5.74) is 2.85. The maximum Gasteiger partial charge on any atom is 0.112 e. The molecule has 1 aromatic rings. The predicted molar refractivity (Wildman–Crippen MR) is 87.6 cm³/mol. The molecule has 118 valence electrons. The van der Waals surface area contributed by atoms with Crippen LogP contribution in [-0.2, 0) is 13.0 Å². The van der Waals surface area contributed by atoms with Gasteiger partial charge >= 0.3 is 0 Å². The molecule has 2 unspecified atom stereocenters. The van der Waals surface area contributed by atoms with E-state index in [-0.39, 0.29) is 0 Å². The lowest BCUT2D eigenvalue weighted by atomic mass is 9.77. The highest BCUT2D eigenvalue weighted by Gasteiger charge is 2.33. The van der Waals surface area contributed by atoms with E-state index in [2.05, 4.69) is 37.6 Å². The summed E-state index contributed by atoms with van der Waals surface area (Å²) in [6.07, 6.45) is 6.69. The van der Waals surface area contributed by atoms with Crippen molar-refractivity contribution in [1.82, 2.24) is 14.9 Å². The van der Waals surface area contributed by atoms with E-state index in [4.69, 9.17) is 4.98 Å². The summed E-state index contributed by atoms with van der Waals surface area (Å²) in [5, 5.41) is 3.48. The standard InChI is InChI=1S/C18H31N3/c1-12(2)14-7-5-6-8-16(14)21-17-9-10-19-11-15(17)20-18(21)13(3)4/h12-14,16,19H,5-11H2,1-4H3. The zero-order valence-electron chi connectivity index (χ0n) is 14.2. The minimum absolute atomic E-state index is 0.519. The molecule has 3 heteroatoms. The Morgan fingerprint density at radius 2 is 1.90 bits per heavy atom. The van der Waals surface area contributed by atoms with Gasteiger partial charge in [-0.15, -0.1) is 0 Å². The molecule has 1 aliphatic carbocycles. The van der Waals surface area contributed by atoms with Gasteiger partial charge in [0.05, 0.1) is 5.69 Å². The number of hydrogen-bond acceptors (Lipinski definition) is 2. The summed E-state index contributed by atoms with van der Waals surface area (Å²) in [5.74, 6) is 3.45. The van der Waals surface area contributed by atoms with Crippen molar-refractivity contribution in [3.8, 4) is 0 Å². The molecule has 1 fully saturated rings. The van der Waals surface area contributed by atoms with Crippen molar-refractivity contribution in [2.45, 2.75) is 78.3 Å². The van der Waals surface area contributed by atoms with Gasteiger partial charge in [0.2, 0.25) is 0 Å². The summed E-state index contributed by atoms with van der Waals surface area (Å²) in [6.45, 7) is 11.5. The number of aromatic nitrogens is 2. The molecule has 0 radical (unpaired) electrons. The van der Waals surface area contributed by atoms with Crippen LogP contribution in [0.5, 0.6) is 0 Å². The molecular weight excluding hydrogens is 258 g/mol. The first kappa shape index (κ1) is 15.1. The van der Waals surface area contributed by atoms with Gasteiger partial charge in [-0.25, -0.2) is 4.98 Å². The monoisotopic (exact) mass is 289 g/mol. The zero-order chi connectivity index (χ0) is 15.0. The van der Waals surface area contributed by atoms with Crippen LogP contribution in [-0.4, -0.2) is 16.1 Å². The summed E-state index contributed by atoms with van der Waals surface area (Å²) >= 11 is 0. The predicted octanol–water partition coefficient (Wildman–Crippen LogP) is 4.04. The minimum atomic E-state index is 0.519. The van der Waals surface area contributed by atoms with Crippen LogP contribution in [0.25, 0.3) is 0 Å². The molecule has 1 aromatic heterocycles. The second-order valence-corrected chi connectivity index (χ2v) is 7.57. The van der Waals surface area contributed by atoms with Crippen molar-refractivity contribution in [1.29, 1.82) is 0 Å². The van der Waals surface area contributed by atoms with Gasteiger partial charge in [0.25, 0.3) is 0 Å². The van der Waals surface area contributed by atoms with E-state index in [1.807, 2.05) is 0 Å². The topological polar surface area (TPSA) is 29.9 Å². The van der Waals surface area contributed by atoms with Crippen molar-refractivity contribution >= 4 is 0 Å². The van der Waals surface area contributed by atoms with Crippen LogP contribution in [0.15, 0.2) is 0 Å². The Morgan fingerprint density at radius 1 is 1.14 bits per heavy atom. The molecule has 2 aliphatic rings. The van der Waals surface area contributed by atoms with Crippen LogP contribution in [0.3, 0.4) is 0 Å². The Bertz CT molecular complexity index is 487. The number of fused-ring (bicyclic) bond motifs is 1. The first-order valence-electron chi connectivity index (χ1n) is 8.90. The third-order valence-electron chi connectivity index (χ3n) is 5.44.